The number of rotatable bonds is 3. The first-order valence-corrected chi connectivity index (χ1v) is 7.48. The van der Waals surface area contributed by atoms with Crippen LogP contribution in [0.25, 0.3) is 0 Å². The monoisotopic (exact) mass is 274 g/mol. The van der Waals surface area contributed by atoms with Gasteiger partial charge >= 0.3 is 0 Å². The van der Waals surface area contributed by atoms with Crippen molar-refractivity contribution in [1.82, 2.24) is 0 Å². The van der Waals surface area contributed by atoms with Crippen LogP contribution in [0, 0.1) is 11.3 Å². The predicted molar refractivity (Wildman–Crippen MR) is 85.0 cm³/mol. The van der Waals surface area contributed by atoms with Gasteiger partial charge in [0, 0.05) is 24.3 Å². The first-order valence-electron chi connectivity index (χ1n) is 7.48. The SMILES string of the molecule is CC(=O)Nc1ccc(NC2CC(C)CC(C)(C)C2)cc1. The molecular formula is C17H26N2O. The Morgan fingerprint density at radius 2 is 1.75 bits per heavy atom. The summed E-state index contributed by atoms with van der Waals surface area (Å²) >= 11 is 0. The van der Waals surface area contributed by atoms with E-state index in [0.717, 1.165) is 17.3 Å². The Morgan fingerprint density at radius 1 is 1.15 bits per heavy atom. The second kappa shape index (κ2) is 5.86. The molecule has 0 saturated heterocycles. The fourth-order valence-corrected chi connectivity index (χ4v) is 3.54. The van der Waals surface area contributed by atoms with E-state index in [4.69, 9.17) is 0 Å². The molecule has 1 aromatic rings. The van der Waals surface area contributed by atoms with Crippen LogP contribution in [0.2, 0.25) is 0 Å². The average molecular weight is 274 g/mol. The summed E-state index contributed by atoms with van der Waals surface area (Å²) in [6.07, 6.45) is 3.76. The van der Waals surface area contributed by atoms with Crippen molar-refractivity contribution in [3.8, 4) is 0 Å². The maximum absolute atomic E-state index is 11.0. The van der Waals surface area contributed by atoms with Crippen LogP contribution in [-0.2, 0) is 4.79 Å². The summed E-state index contributed by atoms with van der Waals surface area (Å²) in [5, 5.41) is 6.42. The molecule has 110 valence electrons. The van der Waals surface area contributed by atoms with Crippen molar-refractivity contribution >= 4 is 17.3 Å². The number of carbonyl (C=O) groups is 1. The van der Waals surface area contributed by atoms with Gasteiger partial charge in [-0.15, -0.1) is 0 Å². The van der Waals surface area contributed by atoms with Crippen molar-refractivity contribution in [2.24, 2.45) is 11.3 Å². The van der Waals surface area contributed by atoms with Gasteiger partial charge in [-0.05, 0) is 54.9 Å². The van der Waals surface area contributed by atoms with E-state index in [1.807, 2.05) is 24.3 Å². The Balaban J connectivity index is 1.97. The molecule has 0 aromatic heterocycles. The highest BCUT2D eigenvalue weighted by Crippen LogP contribution is 2.39. The molecule has 3 heteroatoms. The standard InChI is InChI=1S/C17H26N2O/c1-12-9-16(11-17(3,4)10-12)19-15-7-5-14(6-8-15)18-13(2)20/h5-8,12,16,19H,9-11H2,1-4H3,(H,18,20). The largest absolute Gasteiger partial charge is 0.382 e. The predicted octanol–water partition coefficient (Wildman–Crippen LogP) is 4.27. The van der Waals surface area contributed by atoms with Gasteiger partial charge in [-0.25, -0.2) is 0 Å². The van der Waals surface area contributed by atoms with Crippen LogP contribution in [0.1, 0.15) is 47.0 Å². The van der Waals surface area contributed by atoms with Gasteiger partial charge in [0.25, 0.3) is 0 Å². The summed E-state index contributed by atoms with van der Waals surface area (Å²) < 4.78 is 0. The maximum atomic E-state index is 11.0. The van der Waals surface area contributed by atoms with Crippen molar-refractivity contribution in [3.63, 3.8) is 0 Å². The highest BCUT2D eigenvalue weighted by atomic mass is 16.1. The number of nitrogens with one attached hydrogen (secondary N) is 2. The third-order valence-electron chi connectivity index (χ3n) is 3.96. The smallest absolute Gasteiger partial charge is 0.221 e. The van der Waals surface area contributed by atoms with E-state index in [9.17, 15) is 4.79 Å². The first-order chi connectivity index (χ1) is 9.34. The normalized spacial score (nSPS) is 25.0. The van der Waals surface area contributed by atoms with Crippen LogP contribution >= 0.6 is 0 Å². The fourth-order valence-electron chi connectivity index (χ4n) is 3.54. The molecule has 20 heavy (non-hydrogen) atoms. The van der Waals surface area contributed by atoms with Crippen molar-refractivity contribution < 1.29 is 4.79 Å². The van der Waals surface area contributed by atoms with Gasteiger partial charge in [-0.3, -0.25) is 4.79 Å². The molecule has 2 N–H and O–H groups in total. The van der Waals surface area contributed by atoms with Gasteiger partial charge in [0.15, 0.2) is 0 Å². The second-order valence-electron chi connectivity index (χ2n) is 7.01. The molecule has 2 atom stereocenters. The third-order valence-corrected chi connectivity index (χ3v) is 3.96. The molecular weight excluding hydrogens is 248 g/mol. The van der Waals surface area contributed by atoms with Gasteiger partial charge in [-0.1, -0.05) is 20.8 Å². The van der Waals surface area contributed by atoms with E-state index in [1.54, 1.807) is 0 Å². The number of carbonyl (C=O) groups excluding carboxylic acids is 1. The van der Waals surface area contributed by atoms with E-state index in [2.05, 4.69) is 31.4 Å². The summed E-state index contributed by atoms with van der Waals surface area (Å²) in [7, 11) is 0. The molecule has 0 spiro atoms. The number of amides is 1. The maximum Gasteiger partial charge on any atom is 0.221 e. The van der Waals surface area contributed by atoms with Gasteiger partial charge in [0.1, 0.15) is 0 Å². The van der Waals surface area contributed by atoms with Crippen molar-refractivity contribution in [2.45, 2.75) is 53.0 Å². The molecule has 3 nitrogen and oxygen atoms in total. The first kappa shape index (κ1) is 14.9. The van der Waals surface area contributed by atoms with Gasteiger partial charge in [0.05, 0.1) is 0 Å². The summed E-state index contributed by atoms with van der Waals surface area (Å²) in [6, 6.07) is 8.51. The van der Waals surface area contributed by atoms with E-state index in [-0.39, 0.29) is 5.91 Å². The molecule has 1 aliphatic rings. The molecule has 0 heterocycles. The zero-order valence-electron chi connectivity index (χ0n) is 13.0. The minimum atomic E-state index is -0.0337. The molecule has 1 saturated carbocycles. The van der Waals surface area contributed by atoms with Crippen LogP contribution in [0.15, 0.2) is 24.3 Å². The van der Waals surface area contributed by atoms with Gasteiger partial charge in [-0.2, -0.15) is 0 Å². The van der Waals surface area contributed by atoms with E-state index in [0.29, 0.717) is 11.5 Å². The molecule has 2 rings (SSSR count). The Hall–Kier alpha value is -1.51. The quantitative estimate of drug-likeness (QED) is 0.864. The second-order valence-corrected chi connectivity index (χ2v) is 7.01. The molecule has 1 aliphatic carbocycles. The van der Waals surface area contributed by atoms with Crippen LogP contribution in [0.5, 0.6) is 0 Å². The van der Waals surface area contributed by atoms with Gasteiger partial charge < -0.3 is 10.6 Å². The number of benzene rings is 1. The lowest BCUT2D eigenvalue weighted by molar-refractivity contribution is -0.114. The summed E-state index contributed by atoms with van der Waals surface area (Å²) in [4.78, 5) is 11.0. The summed E-state index contributed by atoms with van der Waals surface area (Å²) in [6.45, 7) is 8.58. The Morgan fingerprint density at radius 3 is 2.30 bits per heavy atom. The van der Waals surface area contributed by atoms with Crippen LogP contribution in [-0.4, -0.2) is 11.9 Å². The zero-order valence-corrected chi connectivity index (χ0v) is 13.0. The lowest BCUT2D eigenvalue weighted by Crippen LogP contribution is -2.35. The topological polar surface area (TPSA) is 41.1 Å². The lowest BCUT2D eigenvalue weighted by Gasteiger charge is -2.39. The lowest BCUT2D eigenvalue weighted by atomic mass is 9.70. The molecule has 1 fully saturated rings. The van der Waals surface area contributed by atoms with Crippen molar-refractivity contribution in [2.75, 3.05) is 10.6 Å². The molecule has 1 amide bonds. The van der Waals surface area contributed by atoms with Gasteiger partial charge in [0.2, 0.25) is 5.91 Å². The summed E-state index contributed by atoms with van der Waals surface area (Å²) in [5.41, 5.74) is 2.40. The molecule has 0 bridgehead atoms. The number of hydrogen-bond donors (Lipinski definition) is 2. The third kappa shape index (κ3) is 4.26. The highest BCUT2D eigenvalue weighted by Gasteiger charge is 2.31. The average Bonchev–Trinajstić information content (AvgIpc) is 2.28. The van der Waals surface area contributed by atoms with Crippen molar-refractivity contribution in [3.05, 3.63) is 24.3 Å². The highest BCUT2D eigenvalue weighted by molar-refractivity contribution is 5.88. The summed E-state index contributed by atoms with van der Waals surface area (Å²) in [5.74, 6) is 0.739. The van der Waals surface area contributed by atoms with Crippen LogP contribution in [0.3, 0.4) is 0 Å². The fraction of sp³-hybridized carbons (Fsp3) is 0.588. The van der Waals surface area contributed by atoms with E-state index >= 15 is 0 Å². The van der Waals surface area contributed by atoms with Crippen LogP contribution in [0.4, 0.5) is 11.4 Å². The zero-order chi connectivity index (χ0) is 14.8. The Bertz CT molecular complexity index is 464. The molecule has 1 aromatic carbocycles. The molecule has 2 unspecified atom stereocenters. The minimum absolute atomic E-state index is 0.0337. The van der Waals surface area contributed by atoms with Crippen molar-refractivity contribution in [1.29, 1.82) is 0 Å². The van der Waals surface area contributed by atoms with Crippen LogP contribution < -0.4 is 10.6 Å². The number of anilines is 2. The minimum Gasteiger partial charge on any atom is -0.382 e. The Kier molecular flexibility index (Phi) is 4.36. The molecule has 0 aliphatic heterocycles. The molecule has 0 radical (unpaired) electrons. The van der Waals surface area contributed by atoms with E-state index in [1.165, 1.54) is 26.2 Å². The Labute approximate surface area is 122 Å². The number of hydrogen-bond acceptors (Lipinski definition) is 2. The van der Waals surface area contributed by atoms with E-state index < -0.39 is 0 Å².